The number of nitrogens with one attached hydrogen (secondary N) is 1. The second kappa shape index (κ2) is 8.32. The third kappa shape index (κ3) is 4.69. The molecule has 1 rings (SSSR count). The number of aliphatic hydroxyl groups excluding tert-OH is 1. The van der Waals surface area contributed by atoms with Gasteiger partial charge < -0.3 is 5.11 Å². The largest absolute Gasteiger partial charge is 0.395 e. The quantitative estimate of drug-likeness (QED) is 0.389. The fourth-order valence-corrected chi connectivity index (χ4v) is 3.90. The molecule has 5 nitrogen and oxygen atoms in total. The Morgan fingerprint density at radius 3 is 2.55 bits per heavy atom. The predicted molar refractivity (Wildman–Crippen MR) is 85.6 cm³/mol. The van der Waals surface area contributed by atoms with Crippen LogP contribution in [0.2, 0.25) is 0 Å². The van der Waals surface area contributed by atoms with Gasteiger partial charge in [0.05, 0.1) is 17.0 Å². The summed E-state index contributed by atoms with van der Waals surface area (Å²) in [5, 5.41) is 12.4. The van der Waals surface area contributed by atoms with Crippen LogP contribution >= 0.6 is 11.9 Å². The van der Waals surface area contributed by atoms with Crippen LogP contribution in [0, 0.1) is 4.91 Å². The summed E-state index contributed by atoms with van der Waals surface area (Å²) in [6.45, 7) is 5.86. The Bertz CT molecular complexity index is 298. The molecule has 0 aromatic carbocycles. The van der Waals surface area contributed by atoms with E-state index in [1.807, 2.05) is 0 Å². The van der Waals surface area contributed by atoms with Crippen LogP contribution in [0.4, 0.5) is 0 Å². The highest BCUT2D eigenvalue weighted by Crippen LogP contribution is 2.41. The van der Waals surface area contributed by atoms with Crippen molar-refractivity contribution in [3.05, 3.63) is 4.91 Å². The van der Waals surface area contributed by atoms with Gasteiger partial charge in [-0.15, -0.1) is 4.91 Å². The smallest absolute Gasteiger partial charge is 0.0679 e. The monoisotopic (exact) mass is 303 g/mol. The van der Waals surface area contributed by atoms with Crippen molar-refractivity contribution in [2.45, 2.75) is 62.8 Å². The van der Waals surface area contributed by atoms with Gasteiger partial charge in [-0.25, -0.2) is 0 Å². The third-order valence-corrected chi connectivity index (χ3v) is 5.67. The molecule has 1 saturated carbocycles. The first kappa shape index (κ1) is 17.9. The van der Waals surface area contributed by atoms with Crippen LogP contribution in [0.3, 0.4) is 0 Å². The molecule has 0 radical (unpaired) electrons. The minimum absolute atomic E-state index is 0.0356. The molecule has 0 amide bonds. The molecule has 0 aliphatic heterocycles. The Kier molecular flexibility index (Phi) is 7.43. The zero-order valence-corrected chi connectivity index (χ0v) is 13.8. The van der Waals surface area contributed by atoms with Crippen LogP contribution in [-0.4, -0.2) is 47.2 Å². The second-order valence-electron chi connectivity index (χ2n) is 6.04. The van der Waals surface area contributed by atoms with Crippen molar-refractivity contribution in [1.29, 1.82) is 0 Å². The van der Waals surface area contributed by atoms with E-state index in [1.54, 1.807) is 0 Å². The summed E-state index contributed by atoms with van der Waals surface area (Å²) in [6, 6.07) is 0. The maximum atomic E-state index is 10.8. The van der Waals surface area contributed by atoms with Gasteiger partial charge in [-0.2, -0.15) is 0 Å². The molecule has 1 atom stereocenters. The minimum atomic E-state index is -0.156. The number of hydrogen-bond donors (Lipinski definition) is 2. The Morgan fingerprint density at radius 1 is 1.40 bits per heavy atom. The summed E-state index contributed by atoms with van der Waals surface area (Å²) < 4.78 is 3.10. The topological polar surface area (TPSA) is 64.9 Å². The lowest BCUT2D eigenvalue weighted by atomic mass is 9.87. The average Bonchev–Trinajstić information content (AvgIpc) is 2.45. The Hall–Kier alpha value is -0.170. The van der Waals surface area contributed by atoms with Gasteiger partial charge in [-0.05, 0) is 33.2 Å². The molecule has 0 aromatic heterocycles. The van der Waals surface area contributed by atoms with E-state index < -0.39 is 0 Å². The van der Waals surface area contributed by atoms with Gasteiger partial charge in [-0.3, -0.25) is 10.2 Å². The molecule has 1 aliphatic rings. The van der Waals surface area contributed by atoms with Crippen molar-refractivity contribution in [2.24, 2.45) is 4.58 Å². The molecule has 1 unspecified atom stereocenters. The standard InChI is InChI=1S/C14H29N3O2S/c1-4-13(2,15-10-11-18)17(3)12-14(20-16-19)8-6-5-7-9-14/h15,18H,4-12H2,1-3H3. The van der Waals surface area contributed by atoms with E-state index in [0.717, 1.165) is 25.8 Å². The van der Waals surface area contributed by atoms with Gasteiger partial charge in [0, 0.05) is 29.6 Å². The summed E-state index contributed by atoms with van der Waals surface area (Å²) in [5.74, 6) is 0. The first-order valence-corrected chi connectivity index (χ1v) is 8.37. The number of aliphatic hydroxyl groups is 1. The number of nitrogens with zero attached hydrogens (tertiary/aromatic N) is 2. The maximum Gasteiger partial charge on any atom is 0.0679 e. The lowest BCUT2D eigenvalue weighted by Crippen LogP contribution is -2.58. The molecule has 2 N–H and O–H groups in total. The van der Waals surface area contributed by atoms with Crippen molar-refractivity contribution in [1.82, 2.24) is 10.2 Å². The van der Waals surface area contributed by atoms with E-state index in [1.165, 1.54) is 31.2 Å². The zero-order valence-electron chi connectivity index (χ0n) is 13.0. The first-order chi connectivity index (χ1) is 9.52. The molecule has 0 spiro atoms. The second-order valence-corrected chi connectivity index (χ2v) is 7.24. The third-order valence-electron chi connectivity index (χ3n) is 4.67. The van der Waals surface area contributed by atoms with E-state index in [-0.39, 0.29) is 17.0 Å². The van der Waals surface area contributed by atoms with Crippen LogP contribution in [-0.2, 0) is 0 Å². The molecular formula is C14H29N3O2S. The molecular weight excluding hydrogens is 274 g/mol. The van der Waals surface area contributed by atoms with Crippen LogP contribution in [0.5, 0.6) is 0 Å². The van der Waals surface area contributed by atoms with Crippen molar-refractivity contribution in [3.63, 3.8) is 0 Å². The fraction of sp³-hybridized carbons (Fsp3) is 1.00. The zero-order chi connectivity index (χ0) is 15.1. The Balaban J connectivity index is 2.72. The normalized spacial score (nSPS) is 21.6. The number of nitroso groups, excluding NO2 is 1. The Morgan fingerprint density at radius 2 is 2.05 bits per heavy atom. The van der Waals surface area contributed by atoms with Crippen molar-refractivity contribution in [2.75, 3.05) is 26.7 Å². The van der Waals surface area contributed by atoms with Gasteiger partial charge in [-0.1, -0.05) is 26.2 Å². The molecule has 1 fully saturated rings. The van der Waals surface area contributed by atoms with Crippen molar-refractivity contribution in [3.8, 4) is 0 Å². The van der Waals surface area contributed by atoms with Crippen LogP contribution < -0.4 is 5.32 Å². The fourth-order valence-electron chi connectivity index (χ4n) is 3.02. The highest BCUT2D eigenvalue weighted by atomic mass is 32.2. The summed E-state index contributed by atoms with van der Waals surface area (Å²) in [4.78, 5) is 13.1. The van der Waals surface area contributed by atoms with Crippen LogP contribution in [0.25, 0.3) is 0 Å². The van der Waals surface area contributed by atoms with Crippen LogP contribution in [0.15, 0.2) is 4.58 Å². The van der Waals surface area contributed by atoms with E-state index in [2.05, 4.69) is 35.7 Å². The predicted octanol–water partition coefficient (Wildman–Crippen LogP) is 2.74. The summed E-state index contributed by atoms with van der Waals surface area (Å²) in [5.41, 5.74) is -0.156. The molecule has 20 heavy (non-hydrogen) atoms. The molecule has 0 aromatic rings. The minimum Gasteiger partial charge on any atom is -0.395 e. The SMILES string of the molecule is CCC(C)(NCCO)N(C)CC1(SN=O)CCCCC1. The van der Waals surface area contributed by atoms with Gasteiger partial charge in [0.25, 0.3) is 0 Å². The highest BCUT2D eigenvalue weighted by Gasteiger charge is 2.39. The average molecular weight is 303 g/mol. The van der Waals surface area contributed by atoms with E-state index in [0.29, 0.717) is 6.54 Å². The van der Waals surface area contributed by atoms with E-state index >= 15 is 0 Å². The first-order valence-electron chi connectivity index (χ1n) is 7.60. The number of rotatable bonds is 9. The number of hydrogen-bond acceptors (Lipinski definition) is 6. The summed E-state index contributed by atoms with van der Waals surface area (Å²) in [7, 11) is 2.09. The summed E-state index contributed by atoms with van der Waals surface area (Å²) in [6.07, 6.45) is 6.70. The lowest BCUT2D eigenvalue weighted by molar-refractivity contribution is 0.0720. The Labute approximate surface area is 127 Å². The van der Waals surface area contributed by atoms with E-state index in [4.69, 9.17) is 5.11 Å². The molecule has 0 saturated heterocycles. The van der Waals surface area contributed by atoms with Crippen molar-refractivity contribution >= 4 is 11.9 Å². The molecule has 0 heterocycles. The molecule has 118 valence electrons. The highest BCUT2D eigenvalue weighted by molar-refractivity contribution is 7.99. The molecule has 0 bridgehead atoms. The van der Waals surface area contributed by atoms with Gasteiger partial charge in [0.2, 0.25) is 0 Å². The van der Waals surface area contributed by atoms with Crippen LogP contribution in [0.1, 0.15) is 52.4 Å². The van der Waals surface area contributed by atoms with E-state index in [9.17, 15) is 4.91 Å². The molecule has 1 aliphatic carbocycles. The maximum absolute atomic E-state index is 10.8. The van der Waals surface area contributed by atoms with Gasteiger partial charge >= 0.3 is 0 Å². The molecule has 6 heteroatoms. The van der Waals surface area contributed by atoms with Gasteiger partial charge in [0.15, 0.2) is 0 Å². The van der Waals surface area contributed by atoms with Crippen molar-refractivity contribution < 1.29 is 5.11 Å². The lowest BCUT2D eigenvalue weighted by Gasteiger charge is -2.45. The van der Waals surface area contributed by atoms with Gasteiger partial charge in [0.1, 0.15) is 0 Å². The summed E-state index contributed by atoms with van der Waals surface area (Å²) >= 11 is 1.23.